The molecule has 0 saturated heterocycles. The molecule has 1 aliphatic heterocycles. The standard InChI is InChI=1S/C20H25FN6O2/c1-13-5-4-6-18(27(23)20(28)25(3)22)16(13)12-29-19-8-7-15(11-17(19)21)26-10-9-14(2)24-26/h4-11,14,24H,12,22-23H2,1-3H3. The molecule has 9 heteroatoms. The highest BCUT2D eigenvalue weighted by atomic mass is 19.1. The van der Waals surface area contributed by atoms with Gasteiger partial charge in [0.1, 0.15) is 6.61 Å². The highest BCUT2D eigenvalue weighted by Crippen LogP contribution is 2.28. The van der Waals surface area contributed by atoms with E-state index in [2.05, 4.69) is 5.43 Å². The van der Waals surface area contributed by atoms with Crippen LogP contribution in [-0.4, -0.2) is 24.1 Å². The zero-order valence-electron chi connectivity index (χ0n) is 16.6. The zero-order chi connectivity index (χ0) is 21.1. The predicted molar refractivity (Wildman–Crippen MR) is 110 cm³/mol. The van der Waals surface area contributed by atoms with Gasteiger partial charge in [0.15, 0.2) is 11.6 Å². The maximum Gasteiger partial charge on any atom is 0.352 e. The number of benzene rings is 2. The van der Waals surface area contributed by atoms with Crippen molar-refractivity contribution in [2.24, 2.45) is 11.7 Å². The lowest BCUT2D eigenvalue weighted by molar-refractivity contribution is 0.216. The maximum atomic E-state index is 14.6. The molecule has 1 heterocycles. The second kappa shape index (κ2) is 8.48. The van der Waals surface area contributed by atoms with Crippen LogP contribution in [0.2, 0.25) is 0 Å². The molecule has 0 aromatic heterocycles. The molecule has 1 unspecified atom stereocenters. The van der Waals surface area contributed by atoms with Crippen molar-refractivity contribution in [1.82, 2.24) is 10.4 Å². The van der Waals surface area contributed by atoms with E-state index >= 15 is 0 Å². The van der Waals surface area contributed by atoms with Crippen LogP contribution in [0.5, 0.6) is 5.75 Å². The van der Waals surface area contributed by atoms with Crippen LogP contribution >= 0.6 is 0 Å². The Kier molecular flexibility index (Phi) is 6.02. The van der Waals surface area contributed by atoms with Crippen molar-refractivity contribution in [3.05, 3.63) is 65.6 Å². The van der Waals surface area contributed by atoms with Gasteiger partial charge < -0.3 is 4.74 Å². The minimum Gasteiger partial charge on any atom is -0.486 e. The molecule has 8 nitrogen and oxygen atoms in total. The van der Waals surface area contributed by atoms with Crippen LogP contribution in [0.3, 0.4) is 0 Å². The summed E-state index contributed by atoms with van der Waals surface area (Å²) >= 11 is 0. The van der Waals surface area contributed by atoms with Crippen LogP contribution in [0.15, 0.2) is 48.7 Å². The first-order valence-corrected chi connectivity index (χ1v) is 9.09. The van der Waals surface area contributed by atoms with Crippen molar-refractivity contribution in [3.8, 4) is 5.75 Å². The molecule has 0 spiro atoms. The van der Waals surface area contributed by atoms with E-state index in [-0.39, 0.29) is 18.4 Å². The smallest absolute Gasteiger partial charge is 0.352 e. The van der Waals surface area contributed by atoms with E-state index in [0.29, 0.717) is 16.9 Å². The van der Waals surface area contributed by atoms with Crippen molar-refractivity contribution in [2.45, 2.75) is 26.5 Å². The van der Waals surface area contributed by atoms with Gasteiger partial charge in [-0.25, -0.2) is 31.3 Å². The fourth-order valence-electron chi connectivity index (χ4n) is 2.96. The van der Waals surface area contributed by atoms with Crippen LogP contribution in [0.1, 0.15) is 18.1 Å². The molecule has 5 N–H and O–H groups in total. The van der Waals surface area contributed by atoms with Gasteiger partial charge in [-0.1, -0.05) is 12.1 Å². The summed E-state index contributed by atoms with van der Waals surface area (Å²) in [7, 11) is 1.40. The van der Waals surface area contributed by atoms with Gasteiger partial charge in [-0.2, -0.15) is 0 Å². The molecule has 1 aliphatic rings. The number of carbonyl (C=O) groups excluding carboxylic acids is 1. The number of anilines is 2. The Labute approximate surface area is 169 Å². The molecule has 1 atom stereocenters. The van der Waals surface area contributed by atoms with Crippen LogP contribution in [0, 0.1) is 12.7 Å². The molecular weight excluding hydrogens is 375 g/mol. The summed E-state index contributed by atoms with van der Waals surface area (Å²) in [4.78, 5) is 12.1. The van der Waals surface area contributed by atoms with Crippen molar-refractivity contribution in [3.63, 3.8) is 0 Å². The molecule has 0 fully saturated rings. The van der Waals surface area contributed by atoms with Gasteiger partial charge in [0, 0.05) is 30.9 Å². The van der Waals surface area contributed by atoms with Crippen molar-refractivity contribution >= 4 is 17.4 Å². The number of urea groups is 1. The topological polar surface area (TPSA) is 100 Å². The number of halogens is 1. The summed E-state index contributed by atoms with van der Waals surface area (Å²) in [5.41, 5.74) is 5.78. The van der Waals surface area contributed by atoms with Gasteiger partial charge in [0.2, 0.25) is 0 Å². The molecular formula is C20H25FN6O2. The number of hydrogen-bond acceptors (Lipinski definition) is 6. The first-order valence-electron chi connectivity index (χ1n) is 9.09. The normalized spacial score (nSPS) is 15.5. The Balaban J connectivity index is 1.78. The van der Waals surface area contributed by atoms with Gasteiger partial charge in [0.25, 0.3) is 0 Å². The summed E-state index contributed by atoms with van der Waals surface area (Å²) in [6.45, 7) is 3.89. The van der Waals surface area contributed by atoms with E-state index in [1.54, 1.807) is 29.3 Å². The van der Waals surface area contributed by atoms with Gasteiger partial charge in [0.05, 0.1) is 11.4 Å². The molecule has 3 rings (SSSR count). The number of hydrogen-bond donors (Lipinski definition) is 3. The lowest BCUT2D eigenvalue weighted by Gasteiger charge is -2.24. The molecule has 0 saturated carbocycles. The molecule has 0 bridgehead atoms. The third kappa shape index (κ3) is 4.48. The Morgan fingerprint density at radius 2 is 2.07 bits per heavy atom. The lowest BCUT2D eigenvalue weighted by atomic mass is 10.1. The number of ether oxygens (including phenoxy) is 1. The summed E-state index contributed by atoms with van der Waals surface area (Å²) in [5, 5.41) is 3.57. The Morgan fingerprint density at radius 3 is 2.69 bits per heavy atom. The monoisotopic (exact) mass is 400 g/mol. The zero-order valence-corrected chi connectivity index (χ0v) is 16.6. The minimum absolute atomic E-state index is 0.0342. The van der Waals surface area contributed by atoms with Crippen LogP contribution in [0.4, 0.5) is 20.6 Å². The molecule has 2 aromatic rings. The largest absolute Gasteiger partial charge is 0.486 e. The highest BCUT2D eigenvalue weighted by molar-refractivity contribution is 5.91. The Hall–Kier alpha value is -3.14. The van der Waals surface area contributed by atoms with Gasteiger partial charge >= 0.3 is 6.03 Å². The van der Waals surface area contributed by atoms with Gasteiger partial charge in [-0.15, -0.1) is 0 Å². The number of rotatable bonds is 5. The Morgan fingerprint density at radius 1 is 1.31 bits per heavy atom. The van der Waals surface area contributed by atoms with E-state index in [0.717, 1.165) is 15.6 Å². The number of nitrogens with zero attached hydrogens (tertiary/aromatic N) is 3. The maximum absolute atomic E-state index is 14.6. The summed E-state index contributed by atoms with van der Waals surface area (Å²) in [6, 6.07) is 9.62. The lowest BCUT2D eigenvalue weighted by Crippen LogP contribution is -2.49. The van der Waals surface area contributed by atoms with E-state index < -0.39 is 11.8 Å². The minimum atomic E-state index is -0.590. The highest BCUT2D eigenvalue weighted by Gasteiger charge is 2.20. The first kappa shape index (κ1) is 20.6. The second-order valence-corrected chi connectivity index (χ2v) is 6.87. The number of carbonyl (C=O) groups is 1. The molecule has 2 amide bonds. The summed E-state index contributed by atoms with van der Waals surface area (Å²) in [5.74, 6) is 11.0. The van der Waals surface area contributed by atoms with Crippen LogP contribution < -0.4 is 31.9 Å². The van der Waals surface area contributed by atoms with E-state index in [4.69, 9.17) is 16.4 Å². The number of aryl methyl sites for hydroxylation is 1. The average Bonchev–Trinajstić information content (AvgIpc) is 3.12. The fraction of sp³-hybridized carbons (Fsp3) is 0.250. The van der Waals surface area contributed by atoms with Crippen LogP contribution in [-0.2, 0) is 6.61 Å². The Bertz CT molecular complexity index is 933. The van der Waals surface area contributed by atoms with Crippen molar-refractivity contribution in [1.29, 1.82) is 0 Å². The molecule has 2 aromatic carbocycles. The van der Waals surface area contributed by atoms with Gasteiger partial charge in [-0.05, 0) is 43.7 Å². The van der Waals surface area contributed by atoms with E-state index in [1.807, 2.05) is 32.2 Å². The summed E-state index contributed by atoms with van der Waals surface area (Å²) < 4.78 is 20.3. The van der Waals surface area contributed by atoms with Crippen molar-refractivity contribution in [2.75, 3.05) is 17.1 Å². The number of hydrazine groups is 3. The average molecular weight is 400 g/mol. The number of nitrogens with one attached hydrogen (secondary N) is 1. The third-order valence-electron chi connectivity index (χ3n) is 4.59. The van der Waals surface area contributed by atoms with Gasteiger partial charge in [-0.3, -0.25) is 10.0 Å². The SMILES string of the molecule is Cc1cccc(N(N)C(=O)N(C)N)c1COc1ccc(N2C=CC(C)N2)cc1F. The number of nitrogens with two attached hydrogens (primary N) is 2. The van der Waals surface area contributed by atoms with Crippen molar-refractivity contribution < 1.29 is 13.9 Å². The third-order valence-corrected chi connectivity index (χ3v) is 4.59. The number of amides is 2. The molecule has 0 radical (unpaired) electrons. The summed E-state index contributed by atoms with van der Waals surface area (Å²) in [6.07, 6.45) is 3.82. The van der Waals surface area contributed by atoms with Crippen LogP contribution in [0.25, 0.3) is 0 Å². The first-order chi connectivity index (χ1) is 13.8. The molecule has 154 valence electrons. The van der Waals surface area contributed by atoms with E-state index in [1.165, 1.54) is 13.1 Å². The second-order valence-electron chi connectivity index (χ2n) is 6.87. The fourth-order valence-corrected chi connectivity index (χ4v) is 2.96. The quantitative estimate of drug-likeness (QED) is 0.405. The predicted octanol–water partition coefficient (Wildman–Crippen LogP) is 2.55. The van der Waals surface area contributed by atoms with E-state index in [9.17, 15) is 9.18 Å². The molecule has 29 heavy (non-hydrogen) atoms. The molecule has 0 aliphatic carbocycles.